The number of hydrogen-bond acceptors (Lipinski definition) is 1. The SMILES string of the molecule is CC[C@@H](C)CC(C)(C)CCN(P(c1ccccc1)c1ccccc1)P(c1ccccc1)c1ccccc1. The Morgan fingerprint density at radius 3 is 1.22 bits per heavy atom. The Balaban J connectivity index is 1.85. The molecule has 0 spiro atoms. The molecule has 0 N–H and O–H groups in total. The molecule has 0 aliphatic carbocycles. The highest BCUT2D eigenvalue weighted by Crippen LogP contribution is 2.55. The highest BCUT2D eigenvalue weighted by Gasteiger charge is 2.33. The highest BCUT2D eigenvalue weighted by atomic mass is 31.2. The lowest BCUT2D eigenvalue weighted by atomic mass is 9.80. The summed E-state index contributed by atoms with van der Waals surface area (Å²) in [7, 11) is -1.43. The predicted octanol–water partition coefficient (Wildman–Crippen LogP) is 8.24. The normalized spacial score (nSPS) is 12.8. The quantitative estimate of drug-likeness (QED) is 0.168. The summed E-state index contributed by atoms with van der Waals surface area (Å²) in [5.74, 6) is 0.748. The Morgan fingerprint density at radius 1 is 0.595 bits per heavy atom. The molecule has 0 saturated heterocycles. The van der Waals surface area contributed by atoms with Crippen molar-refractivity contribution in [2.75, 3.05) is 6.54 Å². The molecule has 0 amide bonds. The van der Waals surface area contributed by atoms with Crippen molar-refractivity contribution < 1.29 is 0 Å². The van der Waals surface area contributed by atoms with Crippen molar-refractivity contribution in [3.05, 3.63) is 121 Å². The summed E-state index contributed by atoms with van der Waals surface area (Å²) in [6.07, 6.45) is 3.68. The van der Waals surface area contributed by atoms with Crippen molar-refractivity contribution in [3.63, 3.8) is 0 Å². The maximum absolute atomic E-state index is 2.89. The van der Waals surface area contributed by atoms with E-state index in [1.165, 1.54) is 40.5 Å². The van der Waals surface area contributed by atoms with Crippen molar-refractivity contribution in [2.24, 2.45) is 11.3 Å². The summed E-state index contributed by atoms with van der Waals surface area (Å²) in [5, 5.41) is 5.68. The molecule has 0 fully saturated rings. The van der Waals surface area contributed by atoms with Crippen LogP contribution in [0.4, 0.5) is 0 Å². The molecule has 4 aromatic rings. The Kier molecular flexibility index (Phi) is 10.1. The summed E-state index contributed by atoms with van der Waals surface area (Å²) in [6.45, 7) is 10.7. The fourth-order valence-electron chi connectivity index (χ4n) is 4.99. The molecule has 0 aliphatic heterocycles. The maximum atomic E-state index is 2.89. The minimum absolute atomic E-state index is 0.288. The van der Waals surface area contributed by atoms with Gasteiger partial charge in [-0.15, -0.1) is 0 Å². The van der Waals surface area contributed by atoms with Crippen molar-refractivity contribution >= 4 is 37.4 Å². The molecule has 37 heavy (non-hydrogen) atoms. The van der Waals surface area contributed by atoms with Crippen molar-refractivity contribution in [1.29, 1.82) is 0 Å². The average molecular weight is 526 g/mol. The van der Waals surface area contributed by atoms with Gasteiger partial charge in [0.1, 0.15) is 0 Å². The van der Waals surface area contributed by atoms with Gasteiger partial charge >= 0.3 is 0 Å². The topological polar surface area (TPSA) is 3.24 Å². The summed E-state index contributed by atoms with van der Waals surface area (Å²) in [6, 6.07) is 44.8. The molecule has 0 bridgehead atoms. The number of rotatable bonds is 12. The van der Waals surface area contributed by atoms with Crippen LogP contribution in [0.3, 0.4) is 0 Å². The van der Waals surface area contributed by atoms with Crippen molar-refractivity contribution in [2.45, 2.75) is 47.0 Å². The Labute approximate surface area is 227 Å². The fraction of sp³-hybridized carbons (Fsp3) is 0.294. The zero-order valence-corrected chi connectivity index (χ0v) is 24.6. The van der Waals surface area contributed by atoms with Crippen LogP contribution >= 0.6 is 16.1 Å². The van der Waals surface area contributed by atoms with E-state index >= 15 is 0 Å². The Bertz CT molecular complexity index is 1020. The van der Waals surface area contributed by atoms with Crippen LogP contribution in [0.5, 0.6) is 0 Å². The van der Waals surface area contributed by atoms with Crippen LogP contribution in [0.15, 0.2) is 121 Å². The fourth-order valence-corrected chi connectivity index (χ4v) is 11.0. The van der Waals surface area contributed by atoms with Crippen molar-refractivity contribution in [1.82, 2.24) is 4.44 Å². The van der Waals surface area contributed by atoms with Crippen LogP contribution in [0.2, 0.25) is 0 Å². The maximum Gasteiger partial charge on any atom is 0.0323 e. The second-order valence-electron chi connectivity index (χ2n) is 10.7. The van der Waals surface area contributed by atoms with Gasteiger partial charge in [0, 0.05) is 22.7 Å². The second kappa shape index (κ2) is 13.5. The lowest BCUT2D eigenvalue weighted by molar-refractivity contribution is 0.247. The molecule has 0 radical (unpaired) electrons. The van der Waals surface area contributed by atoms with Crippen LogP contribution in [0, 0.1) is 11.3 Å². The second-order valence-corrected chi connectivity index (χ2v) is 15.3. The van der Waals surface area contributed by atoms with E-state index in [4.69, 9.17) is 0 Å². The van der Waals surface area contributed by atoms with Gasteiger partial charge in [0.15, 0.2) is 0 Å². The van der Waals surface area contributed by atoms with Gasteiger partial charge in [-0.1, -0.05) is 155 Å². The van der Waals surface area contributed by atoms with Crippen LogP contribution in [-0.2, 0) is 0 Å². The largest absolute Gasteiger partial charge is 0.245 e. The molecule has 0 aliphatic rings. The van der Waals surface area contributed by atoms with E-state index in [1.807, 2.05) is 0 Å². The van der Waals surface area contributed by atoms with Gasteiger partial charge in [0.2, 0.25) is 0 Å². The molecule has 0 saturated carbocycles. The third kappa shape index (κ3) is 7.61. The molecule has 4 rings (SSSR count). The zero-order chi connectivity index (χ0) is 26.1. The minimum Gasteiger partial charge on any atom is -0.245 e. The monoisotopic (exact) mass is 525 g/mol. The van der Waals surface area contributed by atoms with Crippen LogP contribution in [0.25, 0.3) is 0 Å². The van der Waals surface area contributed by atoms with E-state index in [1.54, 1.807) is 0 Å². The minimum atomic E-state index is -0.716. The van der Waals surface area contributed by atoms with E-state index in [2.05, 4.69) is 153 Å². The van der Waals surface area contributed by atoms with Gasteiger partial charge in [-0.3, -0.25) is 0 Å². The first-order valence-corrected chi connectivity index (χ1v) is 16.2. The van der Waals surface area contributed by atoms with E-state index in [0.717, 1.165) is 12.5 Å². The molecular weight excluding hydrogens is 484 g/mol. The molecule has 1 nitrogen and oxygen atoms in total. The summed E-state index contributed by atoms with van der Waals surface area (Å²) >= 11 is 0. The van der Waals surface area contributed by atoms with Crippen LogP contribution in [0.1, 0.15) is 47.0 Å². The van der Waals surface area contributed by atoms with Crippen molar-refractivity contribution in [3.8, 4) is 0 Å². The van der Waals surface area contributed by atoms with E-state index < -0.39 is 16.1 Å². The Hall–Kier alpha value is -2.30. The van der Waals surface area contributed by atoms with E-state index in [-0.39, 0.29) is 5.41 Å². The average Bonchev–Trinajstić information content (AvgIpc) is 2.94. The number of hydrogen-bond donors (Lipinski definition) is 0. The first kappa shape index (κ1) is 27.7. The molecular formula is C34H41NP2. The molecule has 4 aromatic carbocycles. The predicted molar refractivity (Wildman–Crippen MR) is 167 cm³/mol. The summed E-state index contributed by atoms with van der Waals surface area (Å²) in [5.41, 5.74) is 0.288. The number of benzene rings is 4. The lowest BCUT2D eigenvalue weighted by Gasteiger charge is -2.41. The molecule has 192 valence electrons. The molecule has 0 aromatic heterocycles. The first-order chi connectivity index (χ1) is 18.0. The van der Waals surface area contributed by atoms with Gasteiger partial charge in [-0.2, -0.15) is 0 Å². The Morgan fingerprint density at radius 2 is 0.919 bits per heavy atom. The van der Waals surface area contributed by atoms with Gasteiger partial charge < -0.3 is 0 Å². The van der Waals surface area contributed by atoms with Crippen LogP contribution < -0.4 is 21.2 Å². The molecule has 0 unspecified atom stereocenters. The molecule has 1 atom stereocenters. The van der Waals surface area contributed by atoms with E-state index in [9.17, 15) is 0 Å². The van der Waals surface area contributed by atoms with Gasteiger partial charge in [0.05, 0.1) is 0 Å². The highest BCUT2D eigenvalue weighted by molar-refractivity contribution is 7.84. The molecule has 0 heterocycles. The van der Waals surface area contributed by atoms with Gasteiger partial charge in [0.25, 0.3) is 0 Å². The summed E-state index contributed by atoms with van der Waals surface area (Å²) in [4.78, 5) is 0. The zero-order valence-electron chi connectivity index (χ0n) is 22.8. The molecule has 3 heteroatoms. The van der Waals surface area contributed by atoms with E-state index in [0.29, 0.717) is 0 Å². The van der Waals surface area contributed by atoms with Gasteiger partial charge in [-0.25, -0.2) is 4.44 Å². The smallest absolute Gasteiger partial charge is 0.0323 e. The van der Waals surface area contributed by atoms with Crippen LogP contribution in [-0.4, -0.2) is 11.0 Å². The number of nitrogens with zero attached hydrogens (tertiary/aromatic N) is 1. The first-order valence-electron chi connectivity index (χ1n) is 13.6. The standard InChI is InChI=1S/C34H41NP2/c1-5-29(2)28-34(3,4)26-27-35(36(30-18-10-6-11-19-30)31-20-12-7-13-21-31)37(32-22-14-8-15-23-32)33-24-16-9-17-25-33/h6-25,29H,5,26-28H2,1-4H3/t29-/m1/s1. The third-order valence-corrected chi connectivity index (χ3v) is 12.6. The summed E-state index contributed by atoms with van der Waals surface area (Å²) < 4.78 is 2.89. The lowest BCUT2D eigenvalue weighted by Crippen LogP contribution is -2.34. The third-order valence-electron chi connectivity index (χ3n) is 7.05. The van der Waals surface area contributed by atoms with Gasteiger partial charge in [-0.05, 0) is 45.4 Å².